The monoisotopic (exact) mass is 281 g/mol. The smallest absolute Gasteiger partial charge is 0.272 e. The standard InChI is InChI=1S/C17H19N3O/c1-20(15-9-10-18-12-15)17(21)16-8-7-14(11-19-16)13-5-3-2-4-6-13/h2-8,11,15,18H,9-10,12H2,1H3. The number of carbonyl (C=O) groups is 1. The van der Waals surface area contributed by atoms with Crippen LogP contribution in [0.1, 0.15) is 16.9 Å². The molecule has 4 heteroatoms. The maximum Gasteiger partial charge on any atom is 0.272 e. The molecule has 0 aliphatic carbocycles. The van der Waals surface area contributed by atoms with Crippen molar-refractivity contribution in [3.8, 4) is 11.1 Å². The molecule has 1 N–H and O–H groups in total. The van der Waals surface area contributed by atoms with Crippen LogP contribution in [0.25, 0.3) is 11.1 Å². The Balaban J connectivity index is 1.76. The molecule has 21 heavy (non-hydrogen) atoms. The van der Waals surface area contributed by atoms with Gasteiger partial charge in [-0.3, -0.25) is 9.78 Å². The van der Waals surface area contributed by atoms with E-state index >= 15 is 0 Å². The predicted octanol–water partition coefficient (Wildman–Crippen LogP) is 2.18. The van der Waals surface area contributed by atoms with E-state index in [1.807, 2.05) is 49.5 Å². The van der Waals surface area contributed by atoms with Crippen molar-refractivity contribution in [2.45, 2.75) is 12.5 Å². The largest absolute Gasteiger partial charge is 0.336 e. The van der Waals surface area contributed by atoms with Crippen LogP contribution in [-0.2, 0) is 0 Å². The fourth-order valence-corrected chi connectivity index (χ4v) is 2.64. The molecule has 4 nitrogen and oxygen atoms in total. The lowest BCUT2D eigenvalue weighted by molar-refractivity contribution is 0.0738. The zero-order chi connectivity index (χ0) is 14.7. The molecule has 1 aliphatic heterocycles. The first-order chi connectivity index (χ1) is 10.3. The molecule has 1 saturated heterocycles. The highest BCUT2D eigenvalue weighted by Gasteiger charge is 2.24. The first-order valence-electron chi connectivity index (χ1n) is 7.25. The zero-order valence-corrected chi connectivity index (χ0v) is 12.1. The quantitative estimate of drug-likeness (QED) is 0.938. The van der Waals surface area contributed by atoms with E-state index in [0.29, 0.717) is 5.69 Å². The number of rotatable bonds is 3. The second-order valence-corrected chi connectivity index (χ2v) is 5.36. The summed E-state index contributed by atoms with van der Waals surface area (Å²) in [5.41, 5.74) is 2.64. The third-order valence-corrected chi connectivity index (χ3v) is 3.99. The van der Waals surface area contributed by atoms with Crippen molar-refractivity contribution >= 4 is 5.91 Å². The summed E-state index contributed by atoms with van der Waals surface area (Å²) < 4.78 is 0. The number of aromatic nitrogens is 1. The molecule has 0 radical (unpaired) electrons. The first-order valence-corrected chi connectivity index (χ1v) is 7.25. The molecule has 2 heterocycles. The molecule has 1 amide bonds. The van der Waals surface area contributed by atoms with Gasteiger partial charge >= 0.3 is 0 Å². The summed E-state index contributed by atoms with van der Waals surface area (Å²) >= 11 is 0. The molecule has 1 aromatic heterocycles. The summed E-state index contributed by atoms with van der Waals surface area (Å²) in [5.74, 6) is -0.0108. The molecule has 1 fully saturated rings. The Morgan fingerprint density at radius 1 is 1.19 bits per heavy atom. The van der Waals surface area contributed by atoms with Crippen LogP contribution in [0.2, 0.25) is 0 Å². The van der Waals surface area contributed by atoms with Crippen LogP contribution in [0.15, 0.2) is 48.7 Å². The Hall–Kier alpha value is -2.20. The third kappa shape index (κ3) is 2.95. The minimum Gasteiger partial charge on any atom is -0.336 e. The van der Waals surface area contributed by atoms with Gasteiger partial charge in [-0.2, -0.15) is 0 Å². The summed E-state index contributed by atoms with van der Waals surface area (Å²) in [6.07, 6.45) is 2.77. The number of nitrogens with one attached hydrogen (secondary N) is 1. The van der Waals surface area contributed by atoms with E-state index in [1.165, 1.54) is 0 Å². The lowest BCUT2D eigenvalue weighted by atomic mass is 10.1. The van der Waals surface area contributed by atoms with E-state index in [-0.39, 0.29) is 11.9 Å². The SMILES string of the molecule is CN(C(=O)c1ccc(-c2ccccc2)cn1)C1CCNC1. The van der Waals surface area contributed by atoms with Crippen molar-refractivity contribution < 1.29 is 4.79 Å². The van der Waals surface area contributed by atoms with Gasteiger partial charge in [0.25, 0.3) is 5.91 Å². The fraction of sp³-hybridized carbons (Fsp3) is 0.294. The van der Waals surface area contributed by atoms with Crippen molar-refractivity contribution in [2.24, 2.45) is 0 Å². The number of hydrogen-bond donors (Lipinski definition) is 1. The van der Waals surface area contributed by atoms with Gasteiger partial charge in [0.05, 0.1) is 0 Å². The van der Waals surface area contributed by atoms with Crippen LogP contribution < -0.4 is 5.32 Å². The van der Waals surface area contributed by atoms with E-state index < -0.39 is 0 Å². The summed E-state index contributed by atoms with van der Waals surface area (Å²) in [4.78, 5) is 18.5. The van der Waals surface area contributed by atoms with Gasteiger partial charge in [-0.05, 0) is 24.6 Å². The Bertz CT molecular complexity index is 604. The lowest BCUT2D eigenvalue weighted by Crippen LogP contribution is -2.38. The number of amides is 1. The topological polar surface area (TPSA) is 45.2 Å². The average molecular weight is 281 g/mol. The fourth-order valence-electron chi connectivity index (χ4n) is 2.64. The van der Waals surface area contributed by atoms with Gasteiger partial charge in [0.15, 0.2) is 0 Å². The number of pyridine rings is 1. The zero-order valence-electron chi connectivity index (χ0n) is 12.1. The third-order valence-electron chi connectivity index (χ3n) is 3.99. The Morgan fingerprint density at radius 3 is 2.62 bits per heavy atom. The molecule has 1 unspecified atom stereocenters. The molecular weight excluding hydrogens is 262 g/mol. The van der Waals surface area contributed by atoms with Crippen molar-refractivity contribution in [2.75, 3.05) is 20.1 Å². The number of benzene rings is 1. The number of carbonyl (C=O) groups excluding carboxylic acids is 1. The van der Waals surface area contributed by atoms with Gasteiger partial charge in [0, 0.05) is 31.4 Å². The summed E-state index contributed by atoms with van der Waals surface area (Å²) in [5, 5.41) is 3.28. The van der Waals surface area contributed by atoms with Crippen LogP contribution in [0, 0.1) is 0 Å². The number of nitrogens with zero attached hydrogens (tertiary/aromatic N) is 2. The number of likely N-dealkylation sites (N-methyl/N-ethyl adjacent to an activating group) is 1. The van der Waals surface area contributed by atoms with Crippen LogP contribution in [0.5, 0.6) is 0 Å². The van der Waals surface area contributed by atoms with Crippen molar-refractivity contribution in [1.29, 1.82) is 0 Å². The van der Waals surface area contributed by atoms with E-state index in [1.54, 1.807) is 11.1 Å². The molecule has 1 atom stereocenters. The molecule has 1 aromatic carbocycles. The van der Waals surface area contributed by atoms with Gasteiger partial charge in [0.1, 0.15) is 5.69 Å². The van der Waals surface area contributed by atoms with E-state index in [2.05, 4.69) is 10.3 Å². The van der Waals surface area contributed by atoms with Gasteiger partial charge < -0.3 is 10.2 Å². The Labute approximate surface area is 124 Å². The minimum atomic E-state index is -0.0108. The van der Waals surface area contributed by atoms with Crippen LogP contribution >= 0.6 is 0 Å². The molecule has 108 valence electrons. The van der Waals surface area contributed by atoms with Crippen LogP contribution in [0.3, 0.4) is 0 Å². The van der Waals surface area contributed by atoms with Gasteiger partial charge in [-0.1, -0.05) is 36.4 Å². The maximum atomic E-state index is 12.4. The Morgan fingerprint density at radius 2 is 2.00 bits per heavy atom. The van der Waals surface area contributed by atoms with Gasteiger partial charge in [-0.15, -0.1) is 0 Å². The van der Waals surface area contributed by atoms with E-state index in [0.717, 1.165) is 30.6 Å². The second-order valence-electron chi connectivity index (χ2n) is 5.36. The predicted molar refractivity (Wildman–Crippen MR) is 83.0 cm³/mol. The summed E-state index contributed by atoms with van der Waals surface area (Å²) in [6, 6.07) is 14.1. The van der Waals surface area contributed by atoms with Crippen LogP contribution in [-0.4, -0.2) is 42.0 Å². The molecule has 0 bridgehead atoms. The molecule has 0 saturated carbocycles. The lowest BCUT2D eigenvalue weighted by Gasteiger charge is -2.23. The van der Waals surface area contributed by atoms with Gasteiger partial charge in [-0.25, -0.2) is 0 Å². The highest BCUT2D eigenvalue weighted by molar-refractivity contribution is 5.92. The minimum absolute atomic E-state index is 0.0108. The van der Waals surface area contributed by atoms with Crippen molar-refractivity contribution in [1.82, 2.24) is 15.2 Å². The summed E-state index contributed by atoms with van der Waals surface area (Å²) in [6.45, 7) is 1.84. The Kier molecular flexibility index (Phi) is 3.97. The van der Waals surface area contributed by atoms with Gasteiger partial charge in [0.2, 0.25) is 0 Å². The molecular formula is C17H19N3O. The first kappa shape index (κ1) is 13.8. The molecule has 2 aromatic rings. The average Bonchev–Trinajstić information content (AvgIpc) is 3.09. The molecule has 3 rings (SSSR count). The number of hydrogen-bond acceptors (Lipinski definition) is 3. The van der Waals surface area contributed by atoms with Crippen molar-refractivity contribution in [3.05, 3.63) is 54.4 Å². The highest BCUT2D eigenvalue weighted by Crippen LogP contribution is 2.18. The van der Waals surface area contributed by atoms with E-state index in [4.69, 9.17) is 0 Å². The maximum absolute atomic E-state index is 12.4. The molecule has 0 spiro atoms. The molecule has 1 aliphatic rings. The normalized spacial score (nSPS) is 17.7. The second kappa shape index (κ2) is 6.06. The summed E-state index contributed by atoms with van der Waals surface area (Å²) in [7, 11) is 1.85. The van der Waals surface area contributed by atoms with Crippen LogP contribution in [0.4, 0.5) is 0 Å². The van der Waals surface area contributed by atoms with Crippen molar-refractivity contribution in [3.63, 3.8) is 0 Å². The highest BCUT2D eigenvalue weighted by atomic mass is 16.2. The van der Waals surface area contributed by atoms with E-state index in [9.17, 15) is 4.79 Å².